The van der Waals surface area contributed by atoms with E-state index in [0.29, 0.717) is 28.2 Å². The third-order valence-electron chi connectivity index (χ3n) is 3.74. The minimum Gasteiger partial charge on any atom is -0.488 e. The fourth-order valence-corrected chi connectivity index (χ4v) is 2.33. The van der Waals surface area contributed by atoms with Crippen LogP contribution >= 0.6 is 0 Å². The molecule has 4 nitrogen and oxygen atoms in total. The Morgan fingerprint density at radius 3 is 2.58 bits per heavy atom. The SMILES string of the molecule is CCC(=O)Oc1cccc(CO)c1COc1cc(F)c(C)cc1C. The lowest BCUT2D eigenvalue weighted by atomic mass is 10.1. The number of hydrogen-bond acceptors (Lipinski definition) is 4. The van der Waals surface area contributed by atoms with E-state index in [1.165, 1.54) is 6.07 Å². The van der Waals surface area contributed by atoms with Crippen LogP contribution in [0.25, 0.3) is 0 Å². The maximum atomic E-state index is 13.7. The summed E-state index contributed by atoms with van der Waals surface area (Å²) in [5.41, 5.74) is 2.53. The zero-order valence-electron chi connectivity index (χ0n) is 14.1. The smallest absolute Gasteiger partial charge is 0.310 e. The number of carbonyl (C=O) groups excluding carboxylic acids is 1. The van der Waals surface area contributed by atoms with Crippen LogP contribution in [0, 0.1) is 19.7 Å². The molecule has 0 radical (unpaired) electrons. The van der Waals surface area contributed by atoms with Gasteiger partial charge in [-0.3, -0.25) is 4.79 Å². The molecule has 128 valence electrons. The van der Waals surface area contributed by atoms with Crippen molar-refractivity contribution in [2.24, 2.45) is 0 Å². The van der Waals surface area contributed by atoms with Crippen molar-refractivity contribution in [2.45, 2.75) is 40.4 Å². The number of ether oxygens (including phenoxy) is 2. The number of aliphatic hydroxyl groups is 1. The summed E-state index contributed by atoms with van der Waals surface area (Å²) >= 11 is 0. The van der Waals surface area contributed by atoms with Gasteiger partial charge in [-0.2, -0.15) is 0 Å². The van der Waals surface area contributed by atoms with Crippen molar-refractivity contribution in [3.05, 3.63) is 58.4 Å². The van der Waals surface area contributed by atoms with Gasteiger partial charge in [0.15, 0.2) is 0 Å². The van der Waals surface area contributed by atoms with E-state index >= 15 is 0 Å². The van der Waals surface area contributed by atoms with E-state index in [4.69, 9.17) is 9.47 Å². The lowest BCUT2D eigenvalue weighted by Crippen LogP contribution is -2.10. The molecule has 0 spiro atoms. The van der Waals surface area contributed by atoms with Crippen LogP contribution in [0.3, 0.4) is 0 Å². The summed E-state index contributed by atoms with van der Waals surface area (Å²) < 4.78 is 24.7. The molecule has 0 fully saturated rings. The molecular weight excluding hydrogens is 311 g/mol. The van der Waals surface area contributed by atoms with Crippen molar-refractivity contribution in [2.75, 3.05) is 0 Å². The van der Waals surface area contributed by atoms with Crippen LogP contribution < -0.4 is 9.47 Å². The van der Waals surface area contributed by atoms with Crippen molar-refractivity contribution in [3.8, 4) is 11.5 Å². The van der Waals surface area contributed by atoms with Gasteiger partial charge >= 0.3 is 5.97 Å². The second-order valence-electron chi connectivity index (χ2n) is 5.54. The van der Waals surface area contributed by atoms with Crippen molar-refractivity contribution < 1.29 is 23.8 Å². The van der Waals surface area contributed by atoms with Gasteiger partial charge in [-0.1, -0.05) is 19.1 Å². The van der Waals surface area contributed by atoms with Gasteiger partial charge in [0.05, 0.1) is 6.61 Å². The fraction of sp³-hybridized carbons (Fsp3) is 0.316. The van der Waals surface area contributed by atoms with Gasteiger partial charge in [0, 0.05) is 18.1 Å². The number of rotatable bonds is 6. The van der Waals surface area contributed by atoms with Crippen LogP contribution in [0.5, 0.6) is 11.5 Å². The molecule has 0 saturated carbocycles. The molecular formula is C19H21FO4. The molecule has 2 aromatic carbocycles. The van der Waals surface area contributed by atoms with Crippen LogP contribution in [0.15, 0.2) is 30.3 Å². The highest BCUT2D eigenvalue weighted by atomic mass is 19.1. The predicted octanol–water partition coefficient (Wildman–Crippen LogP) is 3.83. The molecule has 5 heteroatoms. The van der Waals surface area contributed by atoms with E-state index in [-0.39, 0.29) is 31.4 Å². The third kappa shape index (κ3) is 4.11. The number of aryl methyl sites for hydroxylation is 2. The van der Waals surface area contributed by atoms with Crippen LogP contribution in [0.2, 0.25) is 0 Å². The van der Waals surface area contributed by atoms with Crippen molar-refractivity contribution in [1.29, 1.82) is 0 Å². The standard InChI is InChI=1S/C19H21FO4/c1-4-19(22)24-17-7-5-6-14(10-21)15(17)11-23-18-9-16(20)12(2)8-13(18)3/h5-9,21H,4,10-11H2,1-3H3. The highest BCUT2D eigenvalue weighted by Crippen LogP contribution is 2.27. The second kappa shape index (κ2) is 7.93. The Labute approximate surface area is 140 Å². The van der Waals surface area contributed by atoms with Crippen molar-refractivity contribution in [1.82, 2.24) is 0 Å². The first-order valence-corrected chi connectivity index (χ1v) is 7.78. The fourth-order valence-electron chi connectivity index (χ4n) is 2.33. The van der Waals surface area contributed by atoms with E-state index in [2.05, 4.69) is 0 Å². The monoisotopic (exact) mass is 332 g/mol. The topological polar surface area (TPSA) is 55.8 Å². The first kappa shape index (κ1) is 17.9. The van der Waals surface area contributed by atoms with Crippen LogP contribution in [0.4, 0.5) is 4.39 Å². The molecule has 0 aliphatic heterocycles. The molecule has 0 aromatic heterocycles. The Hall–Kier alpha value is -2.40. The summed E-state index contributed by atoms with van der Waals surface area (Å²) in [6.45, 7) is 5.07. The lowest BCUT2D eigenvalue weighted by Gasteiger charge is -2.16. The number of carbonyl (C=O) groups is 1. The Kier molecular flexibility index (Phi) is 5.93. The van der Waals surface area contributed by atoms with E-state index in [1.54, 1.807) is 38.1 Å². The number of benzene rings is 2. The van der Waals surface area contributed by atoms with E-state index in [0.717, 1.165) is 5.56 Å². The molecule has 1 N–H and O–H groups in total. The summed E-state index contributed by atoms with van der Waals surface area (Å²) in [5, 5.41) is 9.51. The molecule has 0 unspecified atom stereocenters. The second-order valence-corrected chi connectivity index (χ2v) is 5.54. The molecule has 0 saturated heterocycles. The van der Waals surface area contributed by atoms with Crippen LogP contribution in [-0.2, 0) is 18.0 Å². The van der Waals surface area contributed by atoms with E-state index in [9.17, 15) is 14.3 Å². The molecule has 0 aliphatic rings. The largest absolute Gasteiger partial charge is 0.488 e. The minimum absolute atomic E-state index is 0.0619. The Morgan fingerprint density at radius 1 is 1.17 bits per heavy atom. The van der Waals surface area contributed by atoms with Crippen molar-refractivity contribution in [3.63, 3.8) is 0 Å². The number of aliphatic hydroxyl groups excluding tert-OH is 1. The van der Waals surface area contributed by atoms with Gasteiger partial charge in [0.25, 0.3) is 0 Å². The summed E-state index contributed by atoms with van der Waals surface area (Å²) in [6.07, 6.45) is 0.242. The quantitative estimate of drug-likeness (QED) is 0.645. The first-order valence-electron chi connectivity index (χ1n) is 7.78. The zero-order chi connectivity index (χ0) is 17.7. The Morgan fingerprint density at radius 2 is 1.92 bits per heavy atom. The van der Waals surface area contributed by atoms with Gasteiger partial charge in [-0.05, 0) is 42.7 Å². The minimum atomic E-state index is -0.371. The average Bonchev–Trinajstić information content (AvgIpc) is 2.57. The number of halogens is 1. The molecule has 2 aromatic rings. The highest BCUT2D eigenvalue weighted by molar-refractivity contribution is 5.72. The first-order chi connectivity index (χ1) is 11.5. The number of esters is 1. The predicted molar refractivity (Wildman–Crippen MR) is 88.5 cm³/mol. The Bertz CT molecular complexity index is 740. The van der Waals surface area contributed by atoms with Gasteiger partial charge in [-0.25, -0.2) is 4.39 Å². The molecule has 0 heterocycles. The van der Waals surface area contributed by atoms with Gasteiger partial charge in [0.1, 0.15) is 23.9 Å². The van der Waals surface area contributed by atoms with Gasteiger partial charge in [-0.15, -0.1) is 0 Å². The molecule has 2 rings (SSSR count). The number of hydrogen-bond donors (Lipinski definition) is 1. The van der Waals surface area contributed by atoms with Gasteiger partial charge in [0.2, 0.25) is 0 Å². The van der Waals surface area contributed by atoms with Gasteiger partial charge < -0.3 is 14.6 Å². The molecule has 0 atom stereocenters. The molecule has 24 heavy (non-hydrogen) atoms. The zero-order valence-corrected chi connectivity index (χ0v) is 14.1. The summed E-state index contributed by atoms with van der Waals surface area (Å²) in [5.74, 6) is 0.0461. The maximum absolute atomic E-state index is 13.7. The summed E-state index contributed by atoms with van der Waals surface area (Å²) in [4.78, 5) is 11.6. The van der Waals surface area contributed by atoms with Crippen LogP contribution in [-0.4, -0.2) is 11.1 Å². The third-order valence-corrected chi connectivity index (χ3v) is 3.74. The average molecular weight is 332 g/mol. The Balaban J connectivity index is 2.28. The lowest BCUT2D eigenvalue weighted by molar-refractivity contribution is -0.134. The molecule has 0 aliphatic carbocycles. The highest BCUT2D eigenvalue weighted by Gasteiger charge is 2.14. The van der Waals surface area contributed by atoms with Crippen LogP contribution in [0.1, 0.15) is 35.6 Å². The molecule has 0 amide bonds. The summed E-state index contributed by atoms with van der Waals surface area (Å²) in [7, 11) is 0. The molecule has 0 bridgehead atoms. The summed E-state index contributed by atoms with van der Waals surface area (Å²) in [6, 6.07) is 8.12. The van der Waals surface area contributed by atoms with E-state index in [1.807, 2.05) is 6.92 Å². The van der Waals surface area contributed by atoms with E-state index < -0.39 is 0 Å². The normalized spacial score (nSPS) is 10.5. The van der Waals surface area contributed by atoms with Crippen molar-refractivity contribution >= 4 is 5.97 Å². The maximum Gasteiger partial charge on any atom is 0.310 e.